The topological polar surface area (TPSA) is 20.3 Å². The van der Waals surface area contributed by atoms with Crippen molar-refractivity contribution in [1.29, 1.82) is 0 Å². The van der Waals surface area contributed by atoms with Gasteiger partial charge in [0.1, 0.15) is 0 Å². The van der Waals surface area contributed by atoms with Crippen molar-refractivity contribution >= 4 is 16.6 Å². The van der Waals surface area contributed by atoms with Crippen LogP contribution in [0.15, 0.2) is 42.5 Å². The Bertz CT molecular complexity index is 579. The summed E-state index contributed by atoms with van der Waals surface area (Å²) in [4.78, 5) is 14.6. The molecule has 0 aliphatic heterocycles. The molecule has 0 radical (unpaired) electrons. The molecule has 2 rings (SSSR count). The molecular weight excluding hydrogens is 222 g/mol. The van der Waals surface area contributed by atoms with E-state index >= 15 is 0 Å². The molecule has 2 aromatic carbocycles. The molecule has 0 aliphatic carbocycles. The summed E-state index contributed by atoms with van der Waals surface area (Å²) in [5.74, 6) is 0.157. The summed E-state index contributed by atoms with van der Waals surface area (Å²) in [6, 6.07) is 13.9. The first kappa shape index (κ1) is 12.8. The second-order valence-electron chi connectivity index (χ2n) is 5.31. The first-order chi connectivity index (χ1) is 8.44. The van der Waals surface area contributed by atoms with E-state index < -0.39 is 5.54 Å². The van der Waals surface area contributed by atoms with E-state index in [1.165, 1.54) is 0 Å². The molecule has 0 N–H and O–H groups in total. The van der Waals surface area contributed by atoms with Gasteiger partial charge >= 0.3 is 0 Å². The van der Waals surface area contributed by atoms with E-state index in [2.05, 4.69) is 0 Å². The number of carbonyl (C=O) groups excluding carboxylic acids is 1. The molecule has 0 amide bonds. The fourth-order valence-electron chi connectivity index (χ4n) is 1.96. The molecule has 0 atom stereocenters. The molecular formula is C16H19NO. The number of rotatable bonds is 3. The molecule has 0 spiro atoms. The first-order valence-corrected chi connectivity index (χ1v) is 6.14. The van der Waals surface area contributed by atoms with Crippen LogP contribution in [0.1, 0.15) is 24.2 Å². The molecule has 0 aromatic heterocycles. The van der Waals surface area contributed by atoms with Gasteiger partial charge < -0.3 is 0 Å². The van der Waals surface area contributed by atoms with Crippen LogP contribution in [0, 0.1) is 0 Å². The van der Waals surface area contributed by atoms with Gasteiger partial charge in [-0.25, -0.2) is 0 Å². The van der Waals surface area contributed by atoms with E-state index in [4.69, 9.17) is 0 Å². The van der Waals surface area contributed by atoms with E-state index in [1.807, 2.05) is 75.3 Å². The van der Waals surface area contributed by atoms with Crippen LogP contribution in [0.2, 0.25) is 0 Å². The largest absolute Gasteiger partial charge is 0.297 e. The predicted octanol–water partition coefficient (Wildman–Crippen LogP) is 3.36. The molecule has 2 heteroatoms. The van der Waals surface area contributed by atoms with E-state index in [9.17, 15) is 4.79 Å². The van der Waals surface area contributed by atoms with Crippen LogP contribution < -0.4 is 0 Å². The Morgan fingerprint density at radius 2 is 1.61 bits per heavy atom. The third kappa shape index (κ3) is 2.04. The number of fused-ring (bicyclic) bond motifs is 1. The highest BCUT2D eigenvalue weighted by molar-refractivity contribution is 6.12. The van der Waals surface area contributed by atoms with Crippen molar-refractivity contribution in [1.82, 2.24) is 4.90 Å². The third-order valence-electron chi connectivity index (χ3n) is 3.71. The summed E-state index contributed by atoms with van der Waals surface area (Å²) in [6.07, 6.45) is 0. The van der Waals surface area contributed by atoms with Gasteiger partial charge in [-0.3, -0.25) is 9.69 Å². The third-order valence-corrected chi connectivity index (χ3v) is 3.71. The zero-order chi connectivity index (χ0) is 13.3. The molecule has 0 saturated carbocycles. The highest BCUT2D eigenvalue weighted by Gasteiger charge is 2.31. The summed E-state index contributed by atoms with van der Waals surface area (Å²) in [6.45, 7) is 3.91. The number of hydrogen-bond acceptors (Lipinski definition) is 2. The van der Waals surface area contributed by atoms with Gasteiger partial charge in [0.25, 0.3) is 0 Å². The van der Waals surface area contributed by atoms with Gasteiger partial charge in [-0.05, 0) is 38.7 Å². The second-order valence-corrected chi connectivity index (χ2v) is 5.31. The number of ketones is 1. The normalized spacial score (nSPS) is 12.1. The van der Waals surface area contributed by atoms with Gasteiger partial charge in [-0.1, -0.05) is 42.5 Å². The maximum atomic E-state index is 12.7. The fourth-order valence-corrected chi connectivity index (χ4v) is 1.96. The van der Waals surface area contributed by atoms with Crippen LogP contribution in [0.5, 0.6) is 0 Å². The summed E-state index contributed by atoms with van der Waals surface area (Å²) < 4.78 is 0. The molecule has 2 nitrogen and oxygen atoms in total. The number of nitrogens with zero attached hydrogens (tertiary/aromatic N) is 1. The van der Waals surface area contributed by atoms with Crippen LogP contribution in [0.25, 0.3) is 10.8 Å². The molecule has 0 saturated heterocycles. The lowest BCUT2D eigenvalue weighted by Gasteiger charge is -2.31. The van der Waals surface area contributed by atoms with E-state index in [1.54, 1.807) is 0 Å². The first-order valence-electron chi connectivity index (χ1n) is 6.14. The van der Waals surface area contributed by atoms with Crippen molar-refractivity contribution < 1.29 is 4.79 Å². The van der Waals surface area contributed by atoms with Crippen LogP contribution >= 0.6 is 0 Å². The van der Waals surface area contributed by atoms with E-state index in [0.717, 1.165) is 16.3 Å². The molecule has 0 heterocycles. The second kappa shape index (κ2) is 4.54. The summed E-state index contributed by atoms with van der Waals surface area (Å²) in [5, 5.41) is 2.14. The molecule has 0 aliphatic rings. The monoisotopic (exact) mass is 241 g/mol. The number of carbonyl (C=O) groups is 1. The van der Waals surface area contributed by atoms with Crippen molar-refractivity contribution in [3.8, 4) is 0 Å². The van der Waals surface area contributed by atoms with Gasteiger partial charge in [-0.2, -0.15) is 0 Å². The number of likely N-dealkylation sites (N-methyl/N-ethyl adjacent to an activating group) is 1. The molecule has 0 unspecified atom stereocenters. The lowest BCUT2D eigenvalue weighted by atomic mass is 9.89. The summed E-state index contributed by atoms with van der Waals surface area (Å²) >= 11 is 0. The molecule has 0 fully saturated rings. The van der Waals surface area contributed by atoms with E-state index in [-0.39, 0.29) is 5.78 Å². The zero-order valence-electron chi connectivity index (χ0n) is 11.4. The maximum absolute atomic E-state index is 12.7. The standard InChI is InChI=1S/C16H19NO/c1-16(2,17(3)4)15(18)14-11-7-9-12-8-5-6-10-13(12)14/h5-11H,1-4H3. The Labute approximate surface area is 108 Å². The lowest BCUT2D eigenvalue weighted by molar-refractivity contribution is 0.0757. The average Bonchev–Trinajstić information content (AvgIpc) is 2.37. The van der Waals surface area contributed by atoms with Gasteiger partial charge in [0.15, 0.2) is 5.78 Å². The Kier molecular flexibility index (Phi) is 3.22. The van der Waals surface area contributed by atoms with Crippen molar-refractivity contribution in [3.05, 3.63) is 48.0 Å². The summed E-state index contributed by atoms with van der Waals surface area (Å²) in [5.41, 5.74) is 0.302. The minimum Gasteiger partial charge on any atom is -0.297 e. The fraction of sp³-hybridized carbons (Fsp3) is 0.312. The number of Topliss-reactive ketones (excluding diaryl/α,β-unsaturated/α-hetero) is 1. The van der Waals surface area contributed by atoms with Gasteiger partial charge in [0, 0.05) is 5.56 Å². The van der Waals surface area contributed by atoms with Crippen molar-refractivity contribution in [3.63, 3.8) is 0 Å². The molecule has 0 bridgehead atoms. The van der Waals surface area contributed by atoms with Gasteiger partial charge in [-0.15, -0.1) is 0 Å². The molecule has 94 valence electrons. The van der Waals surface area contributed by atoms with Crippen LogP contribution in [-0.4, -0.2) is 30.3 Å². The van der Waals surface area contributed by atoms with Crippen LogP contribution in [0.3, 0.4) is 0 Å². The Morgan fingerprint density at radius 3 is 2.28 bits per heavy atom. The number of benzene rings is 2. The highest BCUT2D eigenvalue weighted by atomic mass is 16.1. The van der Waals surface area contributed by atoms with Crippen molar-refractivity contribution in [2.24, 2.45) is 0 Å². The Hall–Kier alpha value is -1.67. The quantitative estimate of drug-likeness (QED) is 0.768. The predicted molar refractivity (Wildman–Crippen MR) is 76.0 cm³/mol. The Balaban J connectivity index is 2.59. The van der Waals surface area contributed by atoms with Crippen molar-refractivity contribution in [2.75, 3.05) is 14.1 Å². The van der Waals surface area contributed by atoms with E-state index in [0.29, 0.717) is 0 Å². The lowest BCUT2D eigenvalue weighted by Crippen LogP contribution is -2.45. The Morgan fingerprint density at radius 1 is 1.00 bits per heavy atom. The van der Waals surface area contributed by atoms with Crippen LogP contribution in [0.4, 0.5) is 0 Å². The minimum absolute atomic E-state index is 0.157. The van der Waals surface area contributed by atoms with Gasteiger partial charge in [0.2, 0.25) is 0 Å². The number of hydrogen-bond donors (Lipinski definition) is 0. The summed E-state index contributed by atoms with van der Waals surface area (Å²) in [7, 11) is 3.87. The zero-order valence-corrected chi connectivity index (χ0v) is 11.4. The minimum atomic E-state index is -0.496. The van der Waals surface area contributed by atoms with Crippen LogP contribution in [-0.2, 0) is 0 Å². The highest BCUT2D eigenvalue weighted by Crippen LogP contribution is 2.24. The maximum Gasteiger partial charge on any atom is 0.183 e. The smallest absolute Gasteiger partial charge is 0.183 e. The molecule has 18 heavy (non-hydrogen) atoms. The average molecular weight is 241 g/mol. The van der Waals surface area contributed by atoms with Crippen molar-refractivity contribution in [2.45, 2.75) is 19.4 Å². The van der Waals surface area contributed by atoms with Gasteiger partial charge in [0.05, 0.1) is 5.54 Å². The molecule has 2 aromatic rings. The SMILES string of the molecule is CN(C)C(C)(C)C(=O)c1cccc2ccccc12.